The number of carbonyl (C=O) groups is 1. The van der Waals surface area contributed by atoms with Crippen LogP contribution >= 0.6 is 34.5 Å². The first-order chi connectivity index (χ1) is 9.93. The lowest BCUT2D eigenvalue weighted by Gasteiger charge is -2.11. The van der Waals surface area contributed by atoms with E-state index >= 15 is 0 Å². The Labute approximate surface area is 136 Å². The quantitative estimate of drug-likeness (QED) is 0.886. The van der Waals surface area contributed by atoms with Crippen LogP contribution < -0.4 is 16.0 Å². The van der Waals surface area contributed by atoms with Crippen LogP contribution in [0.3, 0.4) is 0 Å². The number of nitrogen functional groups attached to an aromatic ring is 1. The van der Waals surface area contributed by atoms with Gasteiger partial charge in [0.15, 0.2) is 5.13 Å². The fraction of sp³-hybridized carbons (Fsp3) is 0.231. The second kappa shape index (κ2) is 6.51. The highest BCUT2D eigenvalue weighted by molar-refractivity contribution is 7.18. The van der Waals surface area contributed by atoms with E-state index in [0.29, 0.717) is 25.7 Å². The third kappa shape index (κ3) is 3.40. The van der Waals surface area contributed by atoms with Crippen molar-refractivity contribution in [2.45, 2.75) is 6.92 Å². The van der Waals surface area contributed by atoms with Gasteiger partial charge in [0.25, 0.3) is 5.91 Å². The summed E-state index contributed by atoms with van der Waals surface area (Å²) in [7, 11) is 1.88. The highest BCUT2D eigenvalue weighted by Crippen LogP contribution is 2.32. The molecule has 0 fully saturated rings. The van der Waals surface area contributed by atoms with Crippen LogP contribution in [0.15, 0.2) is 18.2 Å². The molecule has 0 atom stereocenters. The molecule has 1 heterocycles. The van der Waals surface area contributed by atoms with E-state index in [-0.39, 0.29) is 11.7 Å². The number of aromatic nitrogens is 1. The first kappa shape index (κ1) is 15.9. The second-order valence-corrected chi connectivity index (χ2v) is 6.04. The molecule has 0 spiro atoms. The highest BCUT2D eigenvalue weighted by Gasteiger charge is 2.19. The Bertz CT molecular complexity index is 674. The average molecular weight is 345 g/mol. The maximum absolute atomic E-state index is 12.3. The van der Waals surface area contributed by atoms with E-state index in [4.69, 9.17) is 28.9 Å². The van der Waals surface area contributed by atoms with Crippen LogP contribution in [-0.4, -0.2) is 24.5 Å². The predicted octanol–water partition coefficient (Wildman–Crippen LogP) is 3.74. The van der Waals surface area contributed by atoms with Gasteiger partial charge in [-0.05, 0) is 19.1 Å². The molecule has 0 aliphatic rings. The Morgan fingerprint density at radius 3 is 2.86 bits per heavy atom. The highest BCUT2D eigenvalue weighted by atomic mass is 35.5. The van der Waals surface area contributed by atoms with E-state index in [0.717, 1.165) is 6.54 Å². The van der Waals surface area contributed by atoms with Gasteiger partial charge in [0.2, 0.25) is 0 Å². The summed E-state index contributed by atoms with van der Waals surface area (Å²) in [6.07, 6.45) is 0. The number of rotatable bonds is 4. The van der Waals surface area contributed by atoms with Crippen molar-refractivity contribution in [1.82, 2.24) is 4.98 Å². The molecule has 112 valence electrons. The minimum absolute atomic E-state index is 0.200. The van der Waals surface area contributed by atoms with Crippen LogP contribution in [-0.2, 0) is 0 Å². The van der Waals surface area contributed by atoms with Crippen molar-refractivity contribution in [3.05, 3.63) is 33.1 Å². The van der Waals surface area contributed by atoms with Crippen molar-refractivity contribution in [2.75, 3.05) is 29.5 Å². The topological polar surface area (TPSA) is 71.2 Å². The Balaban J connectivity index is 2.25. The van der Waals surface area contributed by atoms with Crippen LogP contribution in [0.25, 0.3) is 0 Å². The van der Waals surface area contributed by atoms with Crippen LogP contribution in [0, 0.1) is 0 Å². The SMILES string of the molecule is CCN(C)c1nc(N)c(C(=O)Nc2cccc(Cl)c2Cl)s1. The minimum atomic E-state index is -0.357. The summed E-state index contributed by atoms with van der Waals surface area (Å²) in [5.41, 5.74) is 6.25. The van der Waals surface area contributed by atoms with E-state index in [9.17, 15) is 4.79 Å². The van der Waals surface area contributed by atoms with Crippen LogP contribution in [0.2, 0.25) is 10.0 Å². The molecule has 0 aliphatic heterocycles. The van der Waals surface area contributed by atoms with Crippen LogP contribution in [0.4, 0.5) is 16.6 Å². The smallest absolute Gasteiger partial charge is 0.269 e. The maximum atomic E-state index is 12.3. The van der Waals surface area contributed by atoms with Gasteiger partial charge in [-0.2, -0.15) is 0 Å². The van der Waals surface area contributed by atoms with Gasteiger partial charge in [0, 0.05) is 13.6 Å². The van der Waals surface area contributed by atoms with Crippen molar-refractivity contribution in [3.8, 4) is 0 Å². The zero-order valence-corrected chi connectivity index (χ0v) is 13.8. The Kier molecular flexibility index (Phi) is 4.92. The lowest BCUT2D eigenvalue weighted by molar-refractivity contribution is 0.103. The number of nitrogens with zero attached hydrogens (tertiary/aromatic N) is 2. The number of benzene rings is 1. The molecule has 1 aromatic heterocycles. The second-order valence-electron chi connectivity index (χ2n) is 4.28. The summed E-state index contributed by atoms with van der Waals surface area (Å²) in [6.45, 7) is 2.76. The molecular formula is C13H14Cl2N4OS. The molecule has 1 amide bonds. The van der Waals surface area contributed by atoms with Gasteiger partial charge >= 0.3 is 0 Å². The van der Waals surface area contributed by atoms with Gasteiger partial charge in [-0.3, -0.25) is 4.79 Å². The number of carbonyl (C=O) groups excluding carboxylic acids is 1. The van der Waals surface area contributed by atoms with E-state index in [1.54, 1.807) is 18.2 Å². The lowest BCUT2D eigenvalue weighted by atomic mass is 10.3. The van der Waals surface area contributed by atoms with Gasteiger partial charge in [0.1, 0.15) is 10.7 Å². The van der Waals surface area contributed by atoms with Gasteiger partial charge < -0.3 is 16.0 Å². The summed E-state index contributed by atoms with van der Waals surface area (Å²) < 4.78 is 0. The van der Waals surface area contributed by atoms with Gasteiger partial charge in [-0.1, -0.05) is 40.6 Å². The standard InChI is InChI=1S/C13H14Cl2N4OS/c1-3-19(2)13-18-11(16)10(21-13)12(20)17-8-6-4-5-7(14)9(8)15/h4-6H,3,16H2,1-2H3,(H,17,20). The Morgan fingerprint density at radius 2 is 2.19 bits per heavy atom. The summed E-state index contributed by atoms with van der Waals surface area (Å²) >= 11 is 13.2. The number of nitrogens with one attached hydrogen (secondary N) is 1. The Hall–Kier alpha value is -1.50. The Morgan fingerprint density at radius 1 is 1.48 bits per heavy atom. The molecule has 0 radical (unpaired) electrons. The fourth-order valence-corrected chi connectivity index (χ4v) is 2.81. The van der Waals surface area contributed by atoms with Gasteiger partial charge in [0.05, 0.1) is 15.7 Å². The third-order valence-electron chi connectivity index (χ3n) is 2.85. The van der Waals surface area contributed by atoms with Crippen molar-refractivity contribution < 1.29 is 4.79 Å². The number of anilines is 3. The van der Waals surface area contributed by atoms with Gasteiger partial charge in [-0.25, -0.2) is 4.98 Å². The largest absolute Gasteiger partial charge is 0.382 e. The summed E-state index contributed by atoms with van der Waals surface area (Å²) in [5.74, 6) is -0.157. The number of hydrogen-bond donors (Lipinski definition) is 2. The summed E-state index contributed by atoms with van der Waals surface area (Å²) in [4.78, 5) is 18.7. The molecule has 1 aromatic carbocycles. The van der Waals surface area contributed by atoms with Crippen molar-refractivity contribution in [1.29, 1.82) is 0 Å². The molecule has 0 saturated carbocycles. The van der Waals surface area contributed by atoms with Crippen molar-refractivity contribution in [2.24, 2.45) is 0 Å². The molecule has 3 N–H and O–H groups in total. The molecule has 5 nitrogen and oxygen atoms in total. The van der Waals surface area contributed by atoms with E-state index < -0.39 is 0 Å². The summed E-state index contributed by atoms with van der Waals surface area (Å²) in [6, 6.07) is 5.02. The number of halogens is 2. The third-order valence-corrected chi connectivity index (χ3v) is 4.85. The molecule has 0 saturated heterocycles. The molecule has 0 bridgehead atoms. The number of amides is 1. The molecule has 2 aromatic rings. The minimum Gasteiger partial charge on any atom is -0.382 e. The summed E-state index contributed by atoms with van der Waals surface area (Å²) in [5, 5.41) is 4.05. The van der Waals surface area contributed by atoms with E-state index in [1.807, 2.05) is 18.9 Å². The zero-order chi connectivity index (χ0) is 15.6. The maximum Gasteiger partial charge on any atom is 0.269 e. The molecule has 2 rings (SSSR count). The van der Waals surface area contributed by atoms with E-state index in [2.05, 4.69) is 10.3 Å². The van der Waals surface area contributed by atoms with Crippen LogP contribution in [0.5, 0.6) is 0 Å². The monoisotopic (exact) mass is 344 g/mol. The first-order valence-corrected chi connectivity index (χ1v) is 7.74. The fourth-order valence-electron chi connectivity index (χ4n) is 1.56. The number of nitrogens with two attached hydrogens (primary N) is 1. The predicted molar refractivity (Wildman–Crippen MR) is 89.9 cm³/mol. The number of thiazole rings is 1. The lowest BCUT2D eigenvalue weighted by Crippen LogP contribution is -2.15. The normalized spacial score (nSPS) is 10.5. The zero-order valence-electron chi connectivity index (χ0n) is 11.5. The molecular weight excluding hydrogens is 331 g/mol. The molecule has 21 heavy (non-hydrogen) atoms. The van der Waals surface area contributed by atoms with Gasteiger partial charge in [-0.15, -0.1) is 0 Å². The average Bonchev–Trinajstić information content (AvgIpc) is 2.85. The van der Waals surface area contributed by atoms with Crippen molar-refractivity contribution in [3.63, 3.8) is 0 Å². The number of hydrogen-bond acceptors (Lipinski definition) is 5. The van der Waals surface area contributed by atoms with Crippen molar-refractivity contribution >= 4 is 57.1 Å². The first-order valence-electron chi connectivity index (χ1n) is 6.16. The molecule has 0 aliphatic carbocycles. The molecule has 0 unspecified atom stereocenters. The molecule has 8 heteroatoms. The van der Waals surface area contributed by atoms with E-state index in [1.165, 1.54) is 11.3 Å². The van der Waals surface area contributed by atoms with Crippen LogP contribution in [0.1, 0.15) is 16.6 Å².